The average molecular weight is 303 g/mol. The first kappa shape index (κ1) is 20.1. The van der Waals surface area contributed by atoms with Crippen LogP contribution in [0.5, 0.6) is 0 Å². The Morgan fingerprint density at radius 2 is 0.650 bits per heavy atom. The molecule has 0 aromatic rings. The van der Waals surface area contributed by atoms with Gasteiger partial charge in [0.2, 0.25) is 0 Å². The minimum absolute atomic E-state index is 0.125. The highest BCUT2D eigenvalue weighted by molar-refractivity contribution is 6.08. The second-order valence-corrected chi connectivity index (χ2v) is 7.35. The third-order valence-corrected chi connectivity index (χ3v) is 4.94. The number of unbranched alkanes of at least 4 members (excludes halogenated alkanes) is 15. The van der Waals surface area contributed by atoms with E-state index in [2.05, 4.69) is 0 Å². The number of hydrogen-bond donors (Lipinski definition) is 0. The van der Waals surface area contributed by atoms with Crippen LogP contribution in [-0.4, -0.2) is 16.9 Å². The van der Waals surface area contributed by atoms with Crippen LogP contribution in [0.4, 0.5) is 4.39 Å². The summed E-state index contributed by atoms with van der Waals surface area (Å²) < 4.78 is 11.9. The van der Waals surface area contributed by atoms with Crippen LogP contribution in [-0.2, 0) is 0 Å². The van der Waals surface area contributed by atoms with Crippen LogP contribution in [0.3, 0.4) is 0 Å². The molecule has 0 unspecified atom stereocenters. The van der Waals surface area contributed by atoms with E-state index in [1.54, 1.807) is 0 Å². The minimum Gasteiger partial charge on any atom is -0.251 e. The molecule has 0 aromatic carbocycles. The predicted molar refractivity (Wildman–Crippen MR) is 94.6 cm³/mol. The summed E-state index contributed by atoms with van der Waals surface area (Å²) in [6.45, 7) is -0.125. The maximum atomic E-state index is 11.9. The van der Waals surface area contributed by atoms with Gasteiger partial charge in [-0.05, 0) is 6.42 Å². The van der Waals surface area contributed by atoms with E-state index in [1.807, 2.05) is 0 Å². The molecule has 0 radical (unpaired) electrons. The summed E-state index contributed by atoms with van der Waals surface area (Å²) in [4.78, 5) is 0. The summed E-state index contributed by atoms with van der Waals surface area (Å²) in [5.41, 5.74) is 0. The van der Waals surface area contributed by atoms with Crippen molar-refractivity contribution in [3.05, 3.63) is 0 Å². The van der Waals surface area contributed by atoms with Gasteiger partial charge in [0.15, 0.2) is 0 Å². The Balaban J connectivity index is 2.89. The summed E-state index contributed by atoms with van der Waals surface area (Å²) in [6, 6.07) is 1.50. The van der Waals surface area contributed by atoms with Gasteiger partial charge in [0.05, 0.1) is 6.67 Å². The molecule has 0 atom stereocenters. The van der Waals surface area contributed by atoms with Crippen molar-refractivity contribution in [2.45, 2.75) is 109 Å². The van der Waals surface area contributed by atoms with Gasteiger partial charge in [-0.1, -0.05) is 102 Å². The first-order valence-corrected chi connectivity index (χ1v) is 10.9. The lowest BCUT2D eigenvalue weighted by Crippen LogP contribution is -1.84. The minimum atomic E-state index is -0.125. The molecule has 0 spiro atoms. The zero-order valence-electron chi connectivity index (χ0n) is 14.1. The SMILES string of the molecule is FCCCCCCCCCCCCCCCCCC[SiH3]. The summed E-state index contributed by atoms with van der Waals surface area (Å²) in [5, 5.41) is 0. The van der Waals surface area contributed by atoms with Crippen molar-refractivity contribution < 1.29 is 4.39 Å². The fourth-order valence-corrected chi connectivity index (χ4v) is 3.32. The summed E-state index contributed by atoms with van der Waals surface area (Å²) in [7, 11) is 1.40. The smallest absolute Gasteiger partial charge is 0.0894 e. The van der Waals surface area contributed by atoms with E-state index in [0.717, 1.165) is 12.8 Å². The third-order valence-electron chi connectivity index (χ3n) is 4.24. The lowest BCUT2D eigenvalue weighted by molar-refractivity contribution is 0.448. The highest BCUT2D eigenvalue weighted by atomic mass is 28.1. The molecule has 0 aliphatic rings. The second kappa shape index (κ2) is 19.1. The number of rotatable bonds is 17. The Morgan fingerprint density at radius 1 is 0.400 bits per heavy atom. The Morgan fingerprint density at radius 3 is 0.900 bits per heavy atom. The molecule has 0 amide bonds. The molecule has 0 bridgehead atoms. The van der Waals surface area contributed by atoms with Gasteiger partial charge < -0.3 is 0 Å². The van der Waals surface area contributed by atoms with Crippen LogP contribution in [0, 0.1) is 0 Å². The predicted octanol–water partition coefficient (Wildman–Crippen LogP) is 5.98. The topological polar surface area (TPSA) is 0 Å². The van der Waals surface area contributed by atoms with Crippen LogP contribution >= 0.6 is 0 Å². The van der Waals surface area contributed by atoms with Crippen LogP contribution < -0.4 is 0 Å². The Labute approximate surface area is 130 Å². The van der Waals surface area contributed by atoms with Crippen molar-refractivity contribution in [2.24, 2.45) is 0 Å². The molecule has 0 fully saturated rings. The summed E-state index contributed by atoms with van der Waals surface area (Å²) in [6.07, 6.45) is 21.8. The van der Waals surface area contributed by atoms with Gasteiger partial charge in [-0.3, -0.25) is 4.39 Å². The van der Waals surface area contributed by atoms with Crippen molar-refractivity contribution in [1.82, 2.24) is 0 Å². The molecular formula is C18H39FSi. The van der Waals surface area contributed by atoms with Gasteiger partial charge in [-0.15, -0.1) is 0 Å². The maximum Gasteiger partial charge on any atom is 0.0894 e. The van der Waals surface area contributed by atoms with Crippen molar-refractivity contribution in [3.8, 4) is 0 Å². The molecule has 0 heterocycles. The Kier molecular flexibility index (Phi) is 19.3. The monoisotopic (exact) mass is 302 g/mol. The maximum absolute atomic E-state index is 11.9. The zero-order valence-corrected chi connectivity index (χ0v) is 16.1. The molecule has 0 rings (SSSR count). The lowest BCUT2D eigenvalue weighted by Gasteiger charge is -2.03. The van der Waals surface area contributed by atoms with E-state index in [0.29, 0.717) is 0 Å². The lowest BCUT2D eigenvalue weighted by atomic mass is 10.0. The average Bonchev–Trinajstić information content (AvgIpc) is 2.47. The van der Waals surface area contributed by atoms with Crippen LogP contribution in [0.25, 0.3) is 0 Å². The molecule has 122 valence electrons. The fourth-order valence-electron chi connectivity index (χ4n) is 2.82. The molecule has 2 heteroatoms. The van der Waals surface area contributed by atoms with Gasteiger partial charge in [-0.25, -0.2) is 0 Å². The Hall–Kier alpha value is 0.147. The molecule has 0 aliphatic carbocycles. The van der Waals surface area contributed by atoms with Crippen molar-refractivity contribution in [1.29, 1.82) is 0 Å². The first-order chi connectivity index (χ1) is 9.91. The van der Waals surface area contributed by atoms with E-state index in [-0.39, 0.29) is 6.67 Å². The molecule has 0 saturated heterocycles. The van der Waals surface area contributed by atoms with Crippen molar-refractivity contribution >= 4 is 10.2 Å². The molecular weight excluding hydrogens is 263 g/mol. The van der Waals surface area contributed by atoms with Crippen LogP contribution in [0.1, 0.15) is 103 Å². The van der Waals surface area contributed by atoms with Gasteiger partial charge in [-0.2, -0.15) is 0 Å². The highest BCUT2D eigenvalue weighted by Crippen LogP contribution is 2.13. The van der Waals surface area contributed by atoms with E-state index in [4.69, 9.17) is 0 Å². The van der Waals surface area contributed by atoms with Crippen LogP contribution in [0.15, 0.2) is 0 Å². The first-order valence-electron chi connectivity index (χ1n) is 9.47. The zero-order chi connectivity index (χ0) is 14.7. The van der Waals surface area contributed by atoms with E-state index in [9.17, 15) is 4.39 Å². The largest absolute Gasteiger partial charge is 0.251 e. The van der Waals surface area contributed by atoms with Crippen LogP contribution in [0.2, 0.25) is 6.04 Å². The molecule has 0 saturated carbocycles. The van der Waals surface area contributed by atoms with Gasteiger partial charge in [0, 0.05) is 10.2 Å². The second-order valence-electron chi connectivity index (χ2n) is 6.35. The molecule has 0 N–H and O–H groups in total. The quantitative estimate of drug-likeness (QED) is 0.229. The third kappa shape index (κ3) is 18.1. The molecule has 20 heavy (non-hydrogen) atoms. The van der Waals surface area contributed by atoms with Crippen molar-refractivity contribution in [2.75, 3.05) is 6.67 Å². The van der Waals surface area contributed by atoms with Crippen molar-refractivity contribution in [3.63, 3.8) is 0 Å². The molecule has 0 aromatic heterocycles. The Bertz CT molecular complexity index is 143. The van der Waals surface area contributed by atoms with E-state index >= 15 is 0 Å². The van der Waals surface area contributed by atoms with Gasteiger partial charge in [0.25, 0.3) is 0 Å². The molecule has 0 aliphatic heterocycles. The number of alkyl halides is 1. The van der Waals surface area contributed by atoms with Gasteiger partial charge >= 0.3 is 0 Å². The summed E-state index contributed by atoms with van der Waals surface area (Å²) >= 11 is 0. The number of halogens is 1. The fraction of sp³-hybridized carbons (Fsp3) is 1.00. The number of hydrogen-bond acceptors (Lipinski definition) is 0. The van der Waals surface area contributed by atoms with E-state index in [1.165, 1.54) is 106 Å². The highest BCUT2D eigenvalue weighted by Gasteiger charge is 1.94. The van der Waals surface area contributed by atoms with Gasteiger partial charge in [0.1, 0.15) is 0 Å². The standard InChI is InChI=1S/C18H39FSi/c19-17-15-13-11-9-7-5-3-1-2-4-6-8-10-12-14-16-18-20/h1-18H2,20H3. The molecule has 0 nitrogen and oxygen atoms in total. The summed E-state index contributed by atoms with van der Waals surface area (Å²) in [5.74, 6) is 0. The van der Waals surface area contributed by atoms with E-state index < -0.39 is 0 Å². The normalized spacial score (nSPS) is 11.2.